The van der Waals surface area contributed by atoms with Crippen molar-refractivity contribution < 1.29 is 0 Å². The Kier molecular flexibility index (Phi) is 7.30. The minimum absolute atomic E-state index is 1.14. The molecular weight excluding hydrogens is 621 g/mol. The van der Waals surface area contributed by atoms with E-state index in [0.29, 0.717) is 0 Å². The third-order valence-electron chi connectivity index (χ3n) is 8.87. The fourth-order valence-electron chi connectivity index (χ4n) is 6.71. The first-order chi connectivity index (χ1) is 23.8. The Morgan fingerprint density at radius 3 is 1.56 bits per heavy atom. The highest BCUT2D eigenvalue weighted by Crippen LogP contribution is 2.52. The SMILES string of the molecule is c1ccc(N(c2ccccc2)c2ccc(-c3ccc4c(c3)Sc3cccc5c(N(c6ccccc6)c6ccccc6)ccc-4c35)s2)cc1. The van der Waals surface area contributed by atoms with E-state index in [1.165, 1.54) is 52.8 Å². The number of hydrogen-bond donors (Lipinski definition) is 0. The van der Waals surface area contributed by atoms with Crippen molar-refractivity contribution in [3.8, 4) is 21.6 Å². The molecule has 0 fully saturated rings. The Morgan fingerprint density at radius 2 is 0.958 bits per heavy atom. The van der Waals surface area contributed by atoms with Crippen molar-refractivity contribution in [2.24, 2.45) is 0 Å². The predicted molar refractivity (Wildman–Crippen MR) is 206 cm³/mol. The second-order valence-electron chi connectivity index (χ2n) is 11.8. The van der Waals surface area contributed by atoms with E-state index in [1.54, 1.807) is 0 Å². The number of hydrogen-bond acceptors (Lipinski definition) is 4. The summed E-state index contributed by atoms with van der Waals surface area (Å²) in [4.78, 5) is 8.55. The van der Waals surface area contributed by atoms with Gasteiger partial charge in [-0.3, -0.25) is 0 Å². The Labute approximate surface area is 289 Å². The van der Waals surface area contributed by atoms with Crippen LogP contribution in [-0.4, -0.2) is 0 Å². The fourth-order valence-corrected chi connectivity index (χ4v) is 8.93. The number of rotatable bonds is 7. The third kappa shape index (κ3) is 5.07. The molecule has 228 valence electrons. The molecule has 2 nitrogen and oxygen atoms in total. The van der Waals surface area contributed by atoms with Gasteiger partial charge in [-0.2, -0.15) is 0 Å². The van der Waals surface area contributed by atoms with Crippen molar-refractivity contribution in [3.63, 3.8) is 0 Å². The molecular formula is C44H30N2S2. The Bertz CT molecular complexity index is 2290. The molecule has 0 aliphatic carbocycles. The molecule has 0 atom stereocenters. The topological polar surface area (TPSA) is 6.48 Å². The summed E-state index contributed by atoms with van der Waals surface area (Å²) in [6.45, 7) is 0. The van der Waals surface area contributed by atoms with Gasteiger partial charge in [0.1, 0.15) is 5.00 Å². The molecule has 1 aliphatic heterocycles. The Balaban J connectivity index is 1.12. The van der Waals surface area contributed by atoms with E-state index < -0.39 is 0 Å². The summed E-state index contributed by atoms with van der Waals surface area (Å²) in [6.07, 6.45) is 0. The highest BCUT2D eigenvalue weighted by atomic mass is 32.2. The lowest BCUT2D eigenvalue weighted by atomic mass is 9.95. The van der Waals surface area contributed by atoms with Crippen LogP contribution >= 0.6 is 23.1 Å². The smallest absolute Gasteiger partial charge is 0.101 e. The predicted octanol–water partition coefficient (Wildman–Crippen LogP) is 13.6. The molecule has 2 heterocycles. The molecule has 48 heavy (non-hydrogen) atoms. The summed E-state index contributed by atoms with van der Waals surface area (Å²) in [6, 6.07) is 65.4. The van der Waals surface area contributed by atoms with Gasteiger partial charge < -0.3 is 9.80 Å². The van der Waals surface area contributed by atoms with E-state index in [2.05, 4.69) is 192 Å². The number of para-hydroxylation sites is 4. The van der Waals surface area contributed by atoms with E-state index in [-0.39, 0.29) is 0 Å². The molecule has 0 N–H and O–H groups in total. The van der Waals surface area contributed by atoms with Crippen molar-refractivity contribution in [3.05, 3.63) is 182 Å². The molecule has 1 aromatic heterocycles. The maximum absolute atomic E-state index is 2.38. The van der Waals surface area contributed by atoms with Crippen LogP contribution in [0.25, 0.3) is 32.3 Å². The second-order valence-corrected chi connectivity index (χ2v) is 13.9. The number of thiophene rings is 1. The average Bonchev–Trinajstić information content (AvgIpc) is 3.64. The quantitative estimate of drug-likeness (QED) is 0.169. The van der Waals surface area contributed by atoms with Crippen molar-refractivity contribution in [2.45, 2.75) is 9.79 Å². The van der Waals surface area contributed by atoms with Gasteiger partial charge in [0, 0.05) is 48.2 Å². The standard InChI is InChI=1S/C44H30N2S2/c1-5-14-32(15-6-1)45(33-16-7-2-8-17-33)39-27-26-37-36-25-24-31(30-42(36)47-41-23-13-22-38(39)44(37)41)40-28-29-43(48-40)46(34-18-9-3-10-19-34)35-20-11-4-12-21-35/h1-30H. The minimum atomic E-state index is 1.14. The highest BCUT2D eigenvalue weighted by Gasteiger charge is 2.24. The zero-order valence-electron chi connectivity index (χ0n) is 26.0. The lowest BCUT2D eigenvalue weighted by molar-refractivity contribution is 1.29. The maximum atomic E-state index is 2.38. The van der Waals surface area contributed by atoms with Gasteiger partial charge in [-0.1, -0.05) is 115 Å². The number of fused-ring (bicyclic) bond motifs is 2. The van der Waals surface area contributed by atoms with Crippen LogP contribution in [0.2, 0.25) is 0 Å². The van der Waals surface area contributed by atoms with Crippen LogP contribution in [0, 0.1) is 0 Å². The van der Waals surface area contributed by atoms with E-state index in [9.17, 15) is 0 Å². The number of nitrogens with zero attached hydrogens (tertiary/aromatic N) is 2. The molecule has 0 saturated heterocycles. The third-order valence-corrected chi connectivity index (χ3v) is 11.1. The number of benzene rings is 7. The number of anilines is 6. The van der Waals surface area contributed by atoms with Crippen LogP contribution in [-0.2, 0) is 0 Å². The van der Waals surface area contributed by atoms with Crippen LogP contribution in [0.3, 0.4) is 0 Å². The first-order valence-electron chi connectivity index (χ1n) is 16.1. The summed E-state index contributed by atoms with van der Waals surface area (Å²) < 4.78 is 0. The van der Waals surface area contributed by atoms with Crippen LogP contribution in [0.5, 0.6) is 0 Å². The Hall–Kier alpha value is -5.55. The van der Waals surface area contributed by atoms with Crippen LogP contribution in [0.4, 0.5) is 33.4 Å². The summed E-state index contributed by atoms with van der Waals surface area (Å²) in [5.74, 6) is 0. The second kappa shape index (κ2) is 12.2. The van der Waals surface area contributed by atoms with Crippen LogP contribution < -0.4 is 9.80 Å². The van der Waals surface area contributed by atoms with Crippen molar-refractivity contribution in [2.75, 3.05) is 9.80 Å². The molecule has 9 rings (SSSR count). The van der Waals surface area contributed by atoms with E-state index in [1.807, 2.05) is 23.1 Å². The van der Waals surface area contributed by atoms with E-state index >= 15 is 0 Å². The molecule has 0 unspecified atom stereocenters. The zero-order valence-corrected chi connectivity index (χ0v) is 27.7. The molecule has 8 aromatic rings. The maximum Gasteiger partial charge on any atom is 0.101 e. The average molecular weight is 651 g/mol. The summed E-state index contributed by atoms with van der Waals surface area (Å²) in [5, 5.41) is 3.76. The molecule has 7 aromatic carbocycles. The van der Waals surface area contributed by atoms with Gasteiger partial charge in [-0.05, 0) is 95.6 Å². The van der Waals surface area contributed by atoms with Crippen LogP contribution in [0.15, 0.2) is 192 Å². The van der Waals surface area contributed by atoms with Crippen molar-refractivity contribution in [1.82, 2.24) is 0 Å². The minimum Gasteiger partial charge on any atom is -0.310 e. The summed E-state index contributed by atoms with van der Waals surface area (Å²) >= 11 is 3.70. The summed E-state index contributed by atoms with van der Waals surface area (Å²) in [5.41, 5.74) is 9.60. The van der Waals surface area contributed by atoms with Gasteiger partial charge >= 0.3 is 0 Å². The fraction of sp³-hybridized carbons (Fsp3) is 0. The molecule has 0 bridgehead atoms. The monoisotopic (exact) mass is 650 g/mol. The van der Waals surface area contributed by atoms with Gasteiger partial charge in [0.05, 0.1) is 5.69 Å². The largest absolute Gasteiger partial charge is 0.310 e. The highest BCUT2D eigenvalue weighted by molar-refractivity contribution is 7.99. The van der Waals surface area contributed by atoms with Gasteiger partial charge in [-0.15, -0.1) is 11.3 Å². The lowest BCUT2D eigenvalue weighted by Gasteiger charge is -2.29. The zero-order chi connectivity index (χ0) is 31.9. The Morgan fingerprint density at radius 1 is 0.396 bits per heavy atom. The molecule has 0 spiro atoms. The first kappa shape index (κ1) is 28.7. The molecule has 4 heteroatoms. The molecule has 0 radical (unpaired) electrons. The van der Waals surface area contributed by atoms with Gasteiger partial charge in [0.15, 0.2) is 0 Å². The molecule has 0 saturated carbocycles. The molecule has 0 amide bonds. The van der Waals surface area contributed by atoms with Crippen LogP contribution in [0.1, 0.15) is 0 Å². The van der Waals surface area contributed by atoms with Gasteiger partial charge in [-0.25, -0.2) is 0 Å². The molecule has 1 aliphatic rings. The van der Waals surface area contributed by atoms with Gasteiger partial charge in [0.25, 0.3) is 0 Å². The summed E-state index contributed by atoms with van der Waals surface area (Å²) in [7, 11) is 0. The van der Waals surface area contributed by atoms with Gasteiger partial charge in [0.2, 0.25) is 0 Å². The van der Waals surface area contributed by atoms with E-state index in [0.717, 1.165) is 22.7 Å². The first-order valence-corrected chi connectivity index (χ1v) is 17.7. The normalized spacial score (nSPS) is 11.7. The van der Waals surface area contributed by atoms with E-state index in [4.69, 9.17) is 0 Å². The lowest BCUT2D eigenvalue weighted by Crippen LogP contribution is -2.10. The van der Waals surface area contributed by atoms with Crippen molar-refractivity contribution in [1.29, 1.82) is 0 Å². The van der Waals surface area contributed by atoms with Crippen molar-refractivity contribution >= 4 is 67.3 Å².